The van der Waals surface area contributed by atoms with E-state index in [9.17, 15) is 0 Å². The molecule has 87 heavy (non-hydrogen) atoms. The maximum Gasteiger partial charge on any atom is 0.211 e. The van der Waals surface area contributed by atoms with E-state index in [0.29, 0.717) is 0 Å². The van der Waals surface area contributed by atoms with Gasteiger partial charge < -0.3 is 10.2 Å². The lowest BCUT2D eigenvalue weighted by Crippen LogP contribution is -2.41. The average molecular weight is 1170 g/mol. The zero-order valence-corrected chi connectivity index (χ0v) is 57.8. The first-order chi connectivity index (χ1) is 40.5. The molecule has 0 fully saturated rings. The Morgan fingerprint density at radius 2 is 0.874 bits per heavy atom. The molecule has 448 valence electrons. The fourth-order valence-corrected chi connectivity index (χ4v) is 19.9. The standard InChI is InChI=1S/C83H97BN2S/c1-46-36-58-63(80(14,15)34-30-75(58,4)5)44-66(46)86-67-42-51-48-24-22-23-25-54(48)83(20,21)70(51)69(71(67)84-73-72(86)53-40-61-64(45-68(53)87-73)81(16,17)35-32-78(61,10)11)52-39-56-50(41-65(52)85-47-26-27-55-59(37-47)76(6,7)29-28-74(55,2)3)49-38-60-62(43-57(49)82(56,18)19)79(12,13)33-31-77(60,8)9/h22-27,36-45,84-85H,28-35H2,1-21H3. The van der Waals surface area contributed by atoms with Gasteiger partial charge in [0.2, 0.25) is 7.28 Å². The molecule has 0 spiro atoms. The summed E-state index contributed by atoms with van der Waals surface area (Å²) >= 11 is 2.08. The SMILES string of the molecule is Cc1cc2c(cc1N1c3cc4c(c(-c5cc6c(cc5Nc5ccc7c(c5)C(C)(C)CCC7(C)C)-c5cc7c(cc5C6(C)C)C(C)(C)CCC7(C)C)c3Bc3sc5cc6c(cc5c31)C(C)(C)CCC6(C)C)C(C)(C)c1ccccc1-4)C(C)(C)CCC2(C)C. The van der Waals surface area contributed by atoms with Gasteiger partial charge in [0.05, 0.1) is 5.69 Å². The topological polar surface area (TPSA) is 15.3 Å². The fraction of sp³-hybridized carbons (Fsp3) is 0.470. The average Bonchev–Trinajstić information content (AvgIpc) is 1.60. The number of thiophene rings is 1. The predicted octanol–water partition coefficient (Wildman–Crippen LogP) is 21.8. The van der Waals surface area contributed by atoms with E-state index in [2.05, 4.69) is 264 Å². The Balaban J connectivity index is 1.07. The van der Waals surface area contributed by atoms with E-state index in [1.165, 1.54) is 195 Å². The molecule has 0 radical (unpaired) electrons. The minimum atomic E-state index is -0.290. The van der Waals surface area contributed by atoms with Gasteiger partial charge in [0.15, 0.2) is 0 Å². The Bertz CT molecular complexity index is 4360. The lowest BCUT2D eigenvalue weighted by Gasteiger charge is -2.44. The maximum absolute atomic E-state index is 4.39. The number of hydrogen-bond donors (Lipinski definition) is 1. The lowest BCUT2D eigenvalue weighted by molar-refractivity contribution is 0.331. The molecule has 1 aliphatic heterocycles. The van der Waals surface area contributed by atoms with E-state index >= 15 is 0 Å². The summed E-state index contributed by atoms with van der Waals surface area (Å²) in [4.78, 5) is 2.84. The molecule has 2 heterocycles. The summed E-state index contributed by atoms with van der Waals surface area (Å²) in [5.41, 5.74) is 35.6. The van der Waals surface area contributed by atoms with Gasteiger partial charge in [-0.05, 0) is 267 Å². The van der Waals surface area contributed by atoms with Crippen LogP contribution in [0.5, 0.6) is 0 Å². The molecule has 0 atom stereocenters. The summed E-state index contributed by atoms with van der Waals surface area (Å²) in [6, 6.07) is 40.9. The first-order valence-corrected chi connectivity index (χ1v) is 34.4. The van der Waals surface area contributed by atoms with Crippen molar-refractivity contribution in [1.82, 2.24) is 0 Å². The second-order valence-electron chi connectivity index (χ2n) is 35.3. The van der Waals surface area contributed by atoms with Crippen LogP contribution in [-0.4, -0.2) is 7.28 Å². The minimum Gasteiger partial charge on any atom is -0.355 e. The zero-order valence-electron chi connectivity index (χ0n) is 57.0. The van der Waals surface area contributed by atoms with Crippen LogP contribution >= 0.6 is 11.3 Å². The van der Waals surface area contributed by atoms with Gasteiger partial charge in [0.25, 0.3) is 0 Å². The smallest absolute Gasteiger partial charge is 0.211 e. The fourth-order valence-electron chi connectivity index (χ4n) is 18.7. The van der Waals surface area contributed by atoms with Crippen molar-refractivity contribution in [3.05, 3.63) is 169 Å². The van der Waals surface area contributed by atoms with Gasteiger partial charge in [-0.3, -0.25) is 0 Å². The van der Waals surface area contributed by atoms with Crippen molar-refractivity contribution in [2.24, 2.45) is 0 Å². The molecule has 8 aromatic rings. The van der Waals surface area contributed by atoms with Crippen LogP contribution in [0.1, 0.15) is 262 Å². The third-order valence-corrected chi connectivity index (χ3v) is 26.2. The van der Waals surface area contributed by atoms with Crippen molar-refractivity contribution in [3.63, 3.8) is 0 Å². The second-order valence-corrected chi connectivity index (χ2v) is 36.4. The molecule has 2 nitrogen and oxygen atoms in total. The van der Waals surface area contributed by atoms with Crippen molar-refractivity contribution in [2.45, 2.75) is 251 Å². The van der Waals surface area contributed by atoms with E-state index in [-0.39, 0.29) is 54.1 Å². The second kappa shape index (κ2) is 17.8. The molecule has 0 unspecified atom stereocenters. The Morgan fingerprint density at radius 3 is 1.48 bits per heavy atom. The van der Waals surface area contributed by atoms with E-state index in [0.717, 1.165) is 7.28 Å². The number of rotatable bonds is 4. The number of benzene rings is 7. The summed E-state index contributed by atoms with van der Waals surface area (Å²) in [5, 5.41) is 5.80. The van der Waals surface area contributed by atoms with Crippen LogP contribution in [0.2, 0.25) is 0 Å². The molecule has 7 aromatic carbocycles. The third kappa shape index (κ3) is 8.08. The first kappa shape index (κ1) is 57.6. The zero-order chi connectivity index (χ0) is 61.8. The molecule has 7 aliphatic rings. The highest BCUT2D eigenvalue weighted by Crippen LogP contribution is 2.61. The van der Waals surface area contributed by atoms with Crippen molar-refractivity contribution < 1.29 is 0 Å². The number of anilines is 5. The highest BCUT2D eigenvalue weighted by molar-refractivity contribution is 7.29. The van der Waals surface area contributed by atoms with E-state index < -0.39 is 0 Å². The highest BCUT2D eigenvalue weighted by Gasteiger charge is 2.48. The number of hydrogen-bond acceptors (Lipinski definition) is 3. The monoisotopic (exact) mass is 1160 g/mol. The molecular formula is C83H97BN2S. The van der Waals surface area contributed by atoms with Gasteiger partial charge in [-0.25, -0.2) is 0 Å². The number of nitrogens with one attached hydrogen (secondary N) is 1. The Morgan fingerprint density at radius 1 is 0.391 bits per heavy atom. The van der Waals surface area contributed by atoms with Crippen molar-refractivity contribution in [1.29, 1.82) is 0 Å². The largest absolute Gasteiger partial charge is 0.355 e. The maximum atomic E-state index is 4.39. The molecule has 0 bridgehead atoms. The van der Waals surface area contributed by atoms with Crippen LogP contribution in [0.4, 0.5) is 28.4 Å². The summed E-state index contributed by atoms with van der Waals surface area (Å²) < 4.78 is 2.89. The van der Waals surface area contributed by atoms with Crippen LogP contribution in [-0.2, 0) is 54.1 Å². The summed E-state index contributed by atoms with van der Waals surface area (Å²) in [7, 11) is 0.856. The van der Waals surface area contributed by atoms with Gasteiger partial charge in [0.1, 0.15) is 0 Å². The van der Waals surface area contributed by atoms with Gasteiger partial charge in [-0.1, -0.05) is 181 Å². The van der Waals surface area contributed by atoms with Crippen molar-refractivity contribution in [2.75, 3.05) is 10.2 Å². The summed E-state index contributed by atoms with van der Waals surface area (Å²) in [6.07, 6.45) is 9.52. The molecule has 0 saturated carbocycles. The lowest BCUT2D eigenvalue weighted by atomic mass is 9.59. The van der Waals surface area contributed by atoms with Crippen LogP contribution in [0.3, 0.4) is 0 Å². The predicted molar refractivity (Wildman–Crippen MR) is 379 cm³/mol. The van der Waals surface area contributed by atoms with Crippen LogP contribution in [0, 0.1) is 6.92 Å². The van der Waals surface area contributed by atoms with Crippen molar-refractivity contribution in [3.8, 4) is 33.4 Å². The quantitative estimate of drug-likeness (QED) is 0.177. The molecule has 4 heteroatoms. The van der Waals surface area contributed by atoms with Gasteiger partial charge in [-0.2, -0.15) is 0 Å². The van der Waals surface area contributed by atoms with E-state index in [4.69, 9.17) is 0 Å². The van der Waals surface area contributed by atoms with Crippen LogP contribution < -0.4 is 20.5 Å². The third-order valence-electron chi connectivity index (χ3n) is 25.0. The molecular weight excluding hydrogens is 1070 g/mol. The number of aryl methyl sites for hydroxylation is 1. The molecule has 0 saturated heterocycles. The Labute approximate surface area is 528 Å². The van der Waals surface area contributed by atoms with Crippen LogP contribution in [0.25, 0.3) is 43.5 Å². The summed E-state index contributed by atoms with van der Waals surface area (Å²) in [6.45, 7) is 52.5. The molecule has 1 aromatic heterocycles. The van der Waals surface area contributed by atoms with Crippen LogP contribution in [0.15, 0.2) is 97.1 Å². The summed E-state index contributed by atoms with van der Waals surface area (Å²) in [5.74, 6) is 0. The van der Waals surface area contributed by atoms with E-state index in [1.54, 1.807) is 11.1 Å². The number of nitrogens with zero attached hydrogens (tertiary/aromatic N) is 1. The molecule has 0 amide bonds. The molecule has 6 aliphatic carbocycles. The van der Waals surface area contributed by atoms with Gasteiger partial charge >= 0.3 is 0 Å². The van der Waals surface area contributed by atoms with Gasteiger partial charge in [0, 0.05) is 49.2 Å². The van der Waals surface area contributed by atoms with Crippen molar-refractivity contribution >= 4 is 67.4 Å². The minimum absolute atomic E-state index is 0.0357. The van der Waals surface area contributed by atoms with E-state index in [1.807, 2.05) is 0 Å². The van der Waals surface area contributed by atoms with Gasteiger partial charge in [-0.15, -0.1) is 11.3 Å². The first-order valence-electron chi connectivity index (χ1n) is 33.6. The molecule has 1 N–H and O–H groups in total. The Kier molecular flexibility index (Phi) is 11.8. The molecule has 15 rings (SSSR count). The normalized spacial score (nSPS) is 22.0. The highest BCUT2D eigenvalue weighted by atomic mass is 32.1. The Hall–Kier alpha value is -5.84. The number of fused-ring (bicyclic) bond motifs is 14.